The van der Waals surface area contributed by atoms with Crippen molar-refractivity contribution in [1.82, 2.24) is 10.2 Å². The number of nitriles is 1. The second kappa shape index (κ2) is 7.43. The summed E-state index contributed by atoms with van der Waals surface area (Å²) in [6.45, 7) is 0. The van der Waals surface area contributed by atoms with Crippen molar-refractivity contribution in [3.8, 4) is 6.07 Å². The number of aromatic nitrogens is 2. The molecule has 3 aromatic rings. The van der Waals surface area contributed by atoms with Crippen molar-refractivity contribution in [3.63, 3.8) is 0 Å². The van der Waals surface area contributed by atoms with E-state index < -0.39 is 5.91 Å². The Kier molecular flexibility index (Phi) is 4.88. The summed E-state index contributed by atoms with van der Waals surface area (Å²) in [5, 5.41) is 23.1. The Labute approximate surface area is 149 Å². The van der Waals surface area contributed by atoms with Gasteiger partial charge in [-0.25, -0.2) is 0 Å². The molecule has 1 aromatic heterocycles. The summed E-state index contributed by atoms with van der Waals surface area (Å²) < 4.78 is 0. The zero-order valence-electron chi connectivity index (χ0n) is 12.9. The molecule has 0 fully saturated rings. The summed E-state index contributed by atoms with van der Waals surface area (Å²) in [4.78, 5) is 12.2. The Morgan fingerprint density at radius 3 is 2.36 bits per heavy atom. The molecule has 3 rings (SSSR count). The summed E-state index contributed by atoms with van der Waals surface area (Å²) in [6.07, 6.45) is 0. The maximum absolute atomic E-state index is 12.2. The van der Waals surface area contributed by atoms with Crippen molar-refractivity contribution in [2.75, 3.05) is 10.6 Å². The van der Waals surface area contributed by atoms with E-state index in [0.717, 1.165) is 0 Å². The number of halogens is 1. The van der Waals surface area contributed by atoms with Gasteiger partial charge in [0, 0.05) is 0 Å². The lowest BCUT2D eigenvalue weighted by atomic mass is 10.2. The molecule has 0 unspecified atom stereocenters. The fraction of sp³-hybridized carbons (Fsp3) is 0. The van der Waals surface area contributed by atoms with E-state index in [9.17, 15) is 4.79 Å². The maximum Gasteiger partial charge on any atom is 0.276 e. The van der Waals surface area contributed by atoms with Crippen LogP contribution in [-0.4, -0.2) is 16.1 Å². The lowest BCUT2D eigenvalue weighted by Gasteiger charge is -2.08. The lowest BCUT2D eigenvalue weighted by Crippen LogP contribution is -2.14. The van der Waals surface area contributed by atoms with Crippen LogP contribution in [0.2, 0.25) is 5.02 Å². The van der Waals surface area contributed by atoms with Crippen molar-refractivity contribution < 1.29 is 4.79 Å². The molecular weight excluding hydrogens is 338 g/mol. The second-order valence-electron chi connectivity index (χ2n) is 5.02. The number of nitrogens with one attached hydrogen (secondary N) is 2. The molecule has 122 valence electrons. The van der Waals surface area contributed by atoms with Gasteiger partial charge < -0.3 is 10.6 Å². The van der Waals surface area contributed by atoms with Crippen LogP contribution in [0.4, 0.5) is 17.2 Å². The van der Waals surface area contributed by atoms with Crippen LogP contribution in [0.15, 0.2) is 60.7 Å². The summed E-state index contributed by atoms with van der Waals surface area (Å²) in [5.74, 6) is 0.0153. The number of hydrogen-bond donors (Lipinski definition) is 2. The first-order chi connectivity index (χ1) is 12.2. The standard InChI is InChI=1S/C18H12ClN5O/c19-13-6-2-4-8-15(13)22-18(25)16-9-10-17(24-23-16)21-14-7-3-1-5-12(14)11-20/h1-10H,(H,21,24)(H,22,25). The van der Waals surface area contributed by atoms with Crippen LogP contribution in [-0.2, 0) is 0 Å². The summed E-state index contributed by atoms with van der Waals surface area (Å²) in [5.41, 5.74) is 1.76. The average Bonchev–Trinajstić information content (AvgIpc) is 2.64. The third-order valence-corrected chi connectivity index (χ3v) is 3.66. The number of amides is 1. The van der Waals surface area contributed by atoms with Gasteiger partial charge in [0.2, 0.25) is 0 Å². The number of rotatable bonds is 4. The number of carbonyl (C=O) groups excluding carboxylic acids is 1. The topological polar surface area (TPSA) is 90.7 Å². The summed E-state index contributed by atoms with van der Waals surface area (Å²) in [6, 6.07) is 19.2. The average molecular weight is 350 g/mol. The van der Waals surface area contributed by atoms with E-state index in [1.165, 1.54) is 6.07 Å². The van der Waals surface area contributed by atoms with E-state index >= 15 is 0 Å². The second-order valence-corrected chi connectivity index (χ2v) is 5.43. The molecule has 7 heteroatoms. The third-order valence-electron chi connectivity index (χ3n) is 3.33. The van der Waals surface area contributed by atoms with E-state index in [1.807, 2.05) is 6.07 Å². The highest BCUT2D eigenvalue weighted by Gasteiger charge is 2.11. The summed E-state index contributed by atoms with van der Waals surface area (Å²) in [7, 11) is 0. The fourth-order valence-electron chi connectivity index (χ4n) is 2.10. The van der Waals surface area contributed by atoms with Crippen molar-refractivity contribution in [2.45, 2.75) is 0 Å². The molecule has 6 nitrogen and oxygen atoms in total. The minimum atomic E-state index is -0.412. The Hall–Kier alpha value is -3.43. The van der Waals surface area contributed by atoms with Gasteiger partial charge in [-0.1, -0.05) is 35.9 Å². The van der Waals surface area contributed by atoms with E-state index in [2.05, 4.69) is 26.9 Å². The molecule has 0 radical (unpaired) electrons. The first kappa shape index (κ1) is 16.4. The lowest BCUT2D eigenvalue weighted by molar-refractivity contribution is 0.102. The molecule has 0 aliphatic rings. The largest absolute Gasteiger partial charge is 0.338 e. The predicted molar refractivity (Wildman–Crippen MR) is 95.9 cm³/mol. The van der Waals surface area contributed by atoms with E-state index in [-0.39, 0.29) is 5.69 Å². The minimum Gasteiger partial charge on any atom is -0.338 e. The number of anilines is 3. The first-order valence-corrected chi connectivity index (χ1v) is 7.71. The predicted octanol–water partition coefficient (Wildman–Crippen LogP) is 4.00. The number of para-hydroxylation sites is 2. The molecule has 0 bridgehead atoms. The highest BCUT2D eigenvalue weighted by Crippen LogP contribution is 2.21. The van der Waals surface area contributed by atoms with Gasteiger partial charge in [-0.2, -0.15) is 5.26 Å². The highest BCUT2D eigenvalue weighted by atomic mass is 35.5. The van der Waals surface area contributed by atoms with Gasteiger partial charge in [-0.3, -0.25) is 4.79 Å². The van der Waals surface area contributed by atoms with Crippen molar-refractivity contribution in [1.29, 1.82) is 5.26 Å². The fourth-order valence-corrected chi connectivity index (χ4v) is 2.28. The van der Waals surface area contributed by atoms with Crippen LogP contribution in [0.3, 0.4) is 0 Å². The Morgan fingerprint density at radius 2 is 1.68 bits per heavy atom. The van der Waals surface area contributed by atoms with Crippen LogP contribution in [0.25, 0.3) is 0 Å². The molecule has 1 heterocycles. The third kappa shape index (κ3) is 3.91. The Bertz CT molecular complexity index is 950. The van der Waals surface area contributed by atoms with Crippen LogP contribution in [0.5, 0.6) is 0 Å². The molecule has 0 aliphatic heterocycles. The Balaban J connectivity index is 1.73. The molecule has 2 aromatic carbocycles. The zero-order chi connectivity index (χ0) is 17.6. The smallest absolute Gasteiger partial charge is 0.276 e. The van der Waals surface area contributed by atoms with Gasteiger partial charge in [-0.15, -0.1) is 10.2 Å². The number of carbonyl (C=O) groups is 1. The number of benzene rings is 2. The SMILES string of the molecule is N#Cc1ccccc1Nc1ccc(C(=O)Nc2ccccc2Cl)nn1. The highest BCUT2D eigenvalue weighted by molar-refractivity contribution is 6.33. The zero-order valence-corrected chi connectivity index (χ0v) is 13.7. The van der Waals surface area contributed by atoms with Gasteiger partial charge in [0.05, 0.1) is 22.0 Å². The molecule has 0 spiro atoms. The first-order valence-electron chi connectivity index (χ1n) is 7.33. The van der Waals surface area contributed by atoms with Gasteiger partial charge in [-0.05, 0) is 36.4 Å². The molecule has 0 aliphatic carbocycles. The monoisotopic (exact) mass is 349 g/mol. The molecule has 2 N–H and O–H groups in total. The van der Waals surface area contributed by atoms with Crippen LogP contribution in [0, 0.1) is 11.3 Å². The van der Waals surface area contributed by atoms with Crippen molar-refractivity contribution in [3.05, 3.63) is 76.9 Å². The normalized spacial score (nSPS) is 9.92. The Morgan fingerprint density at radius 1 is 0.960 bits per heavy atom. The minimum absolute atomic E-state index is 0.152. The molecular formula is C18H12ClN5O. The van der Waals surface area contributed by atoms with Gasteiger partial charge in [0.25, 0.3) is 5.91 Å². The van der Waals surface area contributed by atoms with E-state index in [1.54, 1.807) is 48.5 Å². The molecule has 25 heavy (non-hydrogen) atoms. The van der Waals surface area contributed by atoms with Gasteiger partial charge in [0.15, 0.2) is 11.5 Å². The summed E-state index contributed by atoms with van der Waals surface area (Å²) >= 11 is 6.01. The molecule has 0 saturated carbocycles. The van der Waals surface area contributed by atoms with E-state index in [0.29, 0.717) is 27.8 Å². The van der Waals surface area contributed by atoms with Crippen molar-refractivity contribution >= 4 is 34.7 Å². The van der Waals surface area contributed by atoms with Gasteiger partial charge in [0.1, 0.15) is 6.07 Å². The number of hydrogen-bond acceptors (Lipinski definition) is 5. The van der Waals surface area contributed by atoms with Gasteiger partial charge >= 0.3 is 0 Å². The maximum atomic E-state index is 12.2. The van der Waals surface area contributed by atoms with E-state index in [4.69, 9.17) is 16.9 Å². The molecule has 1 amide bonds. The molecule has 0 atom stereocenters. The van der Waals surface area contributed by atoms with Crippen molar-refractivity contribution in [2.24, 2.45) is 0 Å². The van der Waals surface area contributed by atoms with Crippen LogP contribution >= 0.6 is 11.6 Å². The number of nitrogens with zero attached hydrogens (tertiary/aromatic N) is 3. The van der Waals surface area contributed by atoms with Crippen LogP contribution in [0.1, 0.15) is 16.1 Å². The molecule has 0 saturated heterocycles. The quantitative estimate of drug-likeness (QED) is 0.743. The van der Waals surface area contributed by atoms with Crippen LogP contribution < -0.4 is 10.6 Å².